The molecule has 0 amide bonds. The van der Waals surface area contributed by atoms with E-state index >= 15 is 0 Å². The number of nitrogens with zero attached hydrogens (tertiary/aromatic N) is 1. The third-order valence-corrected chi connectivity index (χ3v) is 4.95. The average molecular weight is 242 g/mol. The van der Waals surface area contributed by atoms with Gasteiger partial charge in [0.15, 0.2) is 9.84 Å². The molecule has 4 nitrogen and oxygen atoms in total. The summed E-state index contributed by atoms with van der Waals surface area (Å²) in [6.07, 6.45) is 2.82. The van der Waals surface area contributed by atoms with Crippen molar-refractivity contribution >= 4 is 9.84 Å². The normalized spacial score (nSPS) is 23.7. The molecule has 0 radical (unpaired) electrons. The van der Waals surface area contributed by atoms with Crippen molar-refractivity contribution in [3.05, 3.63) is 24.0 Å². The van der Waals surface area contributed by atoms with E-state index in [1.54, 1.807) is 0 Å². The van der Waals surface area contributed by atoms with Crippen molar-refractivity contribution in [3.63, 3.8) is 0 Å². The Kier molecular flexibility index (Phi) is 3.35. The molecule has 0 saturated carbocycles. The monoisotopic (exact) mass is 242 g/mol. The van der Waals surface area contributed by atoms with E-state index in [0.29, 0.717) is 17.4 Å². The molecule has 1 aromatic heterocycles. The minimum absolute atomic E-state index is 0.297. The van der Waals surface area contributed by atoms with Crippen molar-refractivity contribution in [2.75, 3.05) is 18.1 Å². The molecule has 0 aliphatic carbocycles. The van der Waals surface area contributed by atoms with Crippen LogP contribution in [0.2, 0.25) is 0 Å². The zero-order valence-electron chi connectivity index (χ0n) is 9.52. The topological polar surface area (TPSA) is 51.1 Å². The Bertz CT molecular complexity index is 450. The smallest absolute Gasteiger partial charge is 0.150 e. The molecule has 1 N–H and O–H groups in total. The first kappa shape index (κ1) is 11.7. The summed E-state index contributed by atoms with van der Waals surface area (Å²) >= 11 is 0. The van der Waals surface area contributed by atoms with E-state index in [9.17, 15) is 8.42 Å². The van der Waals surface area contributed by atoms with Crippen molar-refractivity contribution < 1.29 is 8.42 Å². The van der Waals surface area contributed by atoms with Crippen molar-refractivity contribution in [1.82, 2.24) is 9.88 Å². The van der Waals surface area contributed by atoms with Gasteiger partial charge in [0.05, 0.1) is 11.5 Å². The van der Waals surface area contributed by atoms with E-state index < -0.39 is 9.84 Å². The summed E-state index contributed by atoms with van der Waals surface area (Å²) in [5.41, 5.74) is 1.22. The number of aryl methyl sites for hydroxylation is 1. The fraction of sp³-hybridized carbons (Fsp3) is 0.636. The first-order valence-electron chi connectivity index (χ1n) is 5.58. The van der Waals surface area contributed by atoms with Gasteiger partial charge in [0.2, 0.25) is 0 Å². The summed E-state index contributed by atoms with van der Waals surface area (Å²) in [4.78, 5) is 0. The Hall–Kier alpha value is -0.810. The molecule has 1 atom stereocenters. The Morgan fingerprint density at radius 1 is 1.56 bits per heavy atom. The van der Waals surface area contributed by atoms with Crippen LogP contribution in [-0.4, -0.2) is 31.0 Å². The predicted octanol–water partition coefficient (Wildman–Crippen LogP) is 0.549. The number of rotatable bonds is 4. The second kappa shape index (κ2) is 4.59. The Labute approximate surface area is 96.6 Å². The Balaban J connectivity index is 1.75. The average Bonchev–Trinajstić information content (AvgIpc) is 2.74. The van der Waals surface area contributed by atoms with Crippen molar-refractivity contribution in [1.29, 1.82) is 0 Å². The van der Waals surface area contributed by atoms with Gasteiger partial charge in [-0.2, -0.15) is 0 Å². The van der Waals surface area contributed by atoms with Gasteiger partial charge in [-0.15, -0.1) is 0 Å². The molecular formula is C11H18N2O2S. The lowest BCUT2D eigenvalue weighted by molar-refractivity contribution is 0.514. The molecular weight excluding hydrogens is 224 g/mol. The number of nitrogens with one attached hydrogen (secondary N) is 1. The summed E-state index contributed by atoms with van der Waals surface area (Å²) in [6, 6.07) is 4.08. The lowest BCUT2D eigenvalue weighted by Gasteiger charge is -2.09. The third kappa shape index (κ3) is 2.86. The molecule has 0 spiro atoms. The van der Waals surface area contributed by atoms with Crippen molar-refractivity contribution in [3.8, 4) is 0 Å². The first-order chi connectivity index (χ1) is 7.57. The standard InChI is InChI=1S/C11H18N2O2S/c1-13-5-2-3-11(13)8-12-7-10-4-6-16(14,15)9-10/h2-3,5,10,12H,4,6-9H2,1H3. The van der Waals surface area contributed by atoms with Gasteiger partial charge in [-0.3, -0.25) is 0 Å². The van der Waals surface area contributed by atoms with Crippen LogP contribution in [0.25, 0.3) is 0 Å². The zero-order chi connectivity index (χ0) is 11.6. The second-order valence-corrected chi connectivity index (χ2v) is 6.74. The predicted molar refractivity (Wildman–Crippen MR) is 63.9 cm³/mol. The van der Waals surface area contributed by atoms with Gasteiger partial charge < -0.3 is 9.88 Å². The van der Waals surface area contributed by atoms with Gasteiger partial charge in [0.25, 0.3) is 0 Å². The van der Waals surface area contributed by atoms with Crippen molar-refractivity contribution in [2.24, 2.45) is 13.0 Å². The summed E-state index contributed by atoms with van der Waals surface area (Å²) < 4.78 is 24.6. The number of sulfone groups is 1. The Morgan fingerprint density at radius 2 is 2.38 bits per heavy atom. The molecule has 1 aliphatic heterocycles. The van der Waals surface area contributed by atoms with E-state index in [0.717, 1.165) is 19.5 Å². The minimum atomic E-state index is -2.73. The van der Waals surface area contributed by atoms with E-state index in [4.69, 9.17) is 0 Å². The van der Waals surface area contributed by atoms with Crippen LogP contribution in [-0.2, 0) is 23.4 Å². The highest BCUT2D eigenvalue weighted by atomic mass is 32.2. The maximum absolute atomic E-state index is 11.3. The fourth-order valence-electron chi connectivity index (χ4n) is 2.12. The second-order valence-electron chi connectivity index (χ2n) is 4.51. The zero-order valence-corrected chi connectivity index (χ0v) is 10.3. The number of aromatic nitrogens is 1. The summed E-state index contributed by atoms with van der Waals surface area (Å²) in [5, 5.41) is 3.32. The van der Waals surface area contributed by atoms with Crippen LogP contribution in [0.4, 0.5) is 0 Å². The van der Waals surface area contributed by atoms with E-state index in [2.05, 4.69) is 16.0 Å². The quantitative estimate of drug-likeness (QED) is 0.839. The van der Waals surface area contributed by atoms with Crippen LogP contribution < -0.4 is 5.32 Å². The first-order valence-corrected chi connectivity index (χ1v) is 7.40. The van der Waals surface area contributed by atoms with Gasteiger partial charge in [-0.25, -0.2) is 8.42 Å². The molecule has 5 heteroatoms. The van der Waals surface area contributed by atoms with Crippen LogP contribution in [0.1, 0.15) is 12.1 Å². The van der Waals surface area contributed by atoms with Crippen LogP contribution in [0.5, 0.6) is 0 Å². The molecule has 1 saturated heterocycles. The maximum atomic E-state index is 11.3. The molecule has 0 aromatic carbocycles. The molecule has 2 rings (SSSR count). The molecule has 90 valence electrons. The maximum Gasteiger partial charge on any atom is 0.150 e. The fourth-order valence-corrected chi connectivity index (χ4v) is 3.98. The van der Waals surface area contributed by atoms with Gasteiger partial charge >= 0.3 is 0 Å². The molecule has 1 unspecified atom stereocenters. The molecule has 2 heterocycles. The SMILES string of the molecule is Cn1cccc1CNCC1CCS(=O)(=O)C1. The lowest BCUT2D eigenvalue weighted by atomic mass is 10.1. The highest BCUT2D eigenvalue weighted by molar-refractivity contribution is 7.91. The largest absolute Gasteiger partial charge is 0.353 e. The van der Waals surface area contributed by atoms with Crippen LogP contribution in [0.15, 0.2) is 18.3 Å². The summed E-state index contributed by atoms with van der Waals surface area (Å²) in [7, 11) is -0.722. The summed E-state index contributed by atoms with van der Waals surface area (Å²) in [5.74, 6) is 1.02. The van der Waals surface area contributed by atoms with E-state index in [-0.39, 0.29) is 0 Å². The third-order valence-electron chi connectivity index (χ3n) is 3.12. The van der Waals surface area contributed by atoms with Gasteiger partial charge in [0, 0.05) is 25.5 Å². The minimum Gasteiger partial charge on any atom is -0.353 e. The molecule has 1 fully saturated rings. The molecule has 16 heavy (non-hydrogen) atoms. The number of hydrogen-bond donors (Lipinski definition) is 1. The molecule has 1 aromatic rings. The van der Waals surface area contributed by atoms with Crippen molar-refractivity contribution in [2.45, 2.75) is 13.0 Å². The highest BCUT2D eigenvalue weighted by Gasteiger charge is 2.27. The Morgan fingerprint density at radius 3 is 2.94 bits per heavy atom. The van der Waals surface area contributed by atoms with Gasteiger partial charge in [-0.1, -0.05) is 0 Å². The van der Waals surface area contributed by atoms with Crippen LogP contribution in [0, 0.1) is 5.92 Å². The van der Waals surface area contributed by atoms with Gasteiger partial charge in [0.1, 0.15) is 0 Å². The van der Waals surface area contributed by atoms with Gasteiger partial charge in [-0.05, 0) is 31.0 Å². The van der Waals surface area contributed by atoms with Crippen LogP contribution >= 0.6 is 0 Å². The summed E-state index contributed by atoms with van der Waals surface area (Å²) in [6.45, 7) is 1.60. The lowest BCUT2D eigenvalue weighted by Crippen LogP contribution is -2.24. The molecule has 1 aliphatic rings. The van der Waals surface area contributed by atoms with Crippen LogP contribution in [0.3, 0.4) is 0 Å². The van der Waals surface area contributed by atoms with E-state index in [1.807, 2.05) is 19.3 Å². The number of hydrogen-bond acceptors (Lipinski definition) is 3. The molecule has 0 bridgehead atoms. The highest BCUT2D eigenvalue weighted by Crippen LogP contribution is 2.17. The van der Waals surface area contributed by atoms with E-state index in [1.165, 1.54) is 5.69 Å².